The molecule has 0 spiro atoms. The third kappa shape index (κ3) is 4.40. The molecule has 1 heterocycles. The van der Waals surface area contributed by atoms with E-state index in [1.54, 1.807) is 0 Å². The van der Waals surface area contributed by atoms with Crippen LogP contribution in [0.5, 0.6) is 5.75 Å². The fraction of sp³-hybridized carbons (Fsp3) is 0.562. The van der Waals surface area contributed by atoms with Gasteiger partial charge in [-0.25, -0.2) is 0 Å². The molecule has 0 bridgehead atoms. The van der Waals surface area contributed by atoms with Gasteiger partial charge in [-0.15, -0.1) is 0 Å². The van der Waals surface area contributed by atoms with Crippen molar-refractivity contribution < 1.29 is 4.74 Å². The van der Waals surface area contributed by atoms with E-state index in [-0.39, 0.29) is 0 Å². The van der Waals surface area contributed by atoms with Gasteiger partial charge in [0, 0.05) is 31.2 Å². The maximum Gasteiger partial charge on any atom is 0.119 e. The molecule has 21 heavy (non-hydrogen) atoms. The summed E-state index contributed by atoms with van der Waals surface area (Å²) in [4.78, 5) is 5.21. The molecular weight excluding hydrogens is 282 g/mol. The molecule has 1 aliphatic rings. The fourth-order valence-corrected chi connectivity index (χ4v) is 3.05. The number of nitrogens with zero attached hydrogens (tertiary/aromatic N) is 2. The Morgan fingerprint density at radius 2 is 2.00 bits per heavy atom. The van der Waals surface area contributed by atoms with Crippen LogP contribution in [0.25, 0.3) is 0 Å². The summed E-state index contributed by atoms with van der Waals surface area (Å²) in [7, 11) is 4.31. The van der Waals surface area contributed by atoms with Crippen LogP contribution < -0.4 is 10.5 Å². The minimum absolute atomic E-state index is 0.419. The van der Waals surface area contributed by atoms with Crippen molar-refractivity contribution in [3.8, 4) is 5.75 Å². The molecule has 116 valence electrons. The number of benzene rings is 1. The lowest BCUT2D eigenvalue weighted by molar-refractivity contribution is 0.220. The lowest BCUT2D eigenvalue weighted by Gasteiger charge is -2.22. The van der Waals surface area contributed by atoms with E-state index in [0.717, 1.165) is 30.9 Å². The van der Waals surface area contributed by atoms with Crippen LogP contribution in [0.2, 0.25) is 0 Å². The van der Waals surface area contributed by atoms with E-state index >= 15 is 0 Å². The quantitative estimate of drug-likeness (QED) is 0.808. The first-order chi connectivity index (χ1) is 9.97. The van der Waals surface area contributed by atoms with Crippen LogP contribution in [0, 0.1) is 5.92 Å². The van der Waals surface area contributed by atoms with Crippen molar-refractivity contribution in [3.05, 3.63) is 29.8 Å². The Morgan fingerprint density at radius 3 is 2.52 bits per heavy atom. The van der Waals surface area contributed by atoms with Crippen molar-refractivity contribution in [2.75, 3.05) is 40.3 Å². The zero-order valence-electron chi connectivity index (χ0n) is 13.1. The second kappa shape index (κ2) is 7.20. The lowest BCUT2D eigenvalue weighted by atomic mass is 10.1. The number of likely N-dealkylation sites (N-methyl/N-ethyl adjacent to an activating group) is 1. The molecule has 1 aliphatic heterocycles. The Kier molecular flexibility index (Phi) is 5.56. The van der Waals surface area contributed by atoms with Crippen LogP contribution in [-0.4, -0.2) is 61.2 Å². The minimum atomic E-state index is 0.419. The molecule has 0 saturated carbocycles. The molecule has 2 rings (SSSR count). The van der Waals surface area contributed by atoms with Crippen molar-refractivity contribution in [1.82, 2.24) is 9.80 Å². The van der Waals surface area contributed by atoms with Crippen LogP contribution in [0.4, 0.5) is 0 Å². The van der Waals surface area contributed by atoms with Gasteiger partial charge >= 0.3 is 0 Å². The Bertz CT molecular complexity index is 475. The van der Waals surface area contributed by atoms with Gasteiger partial charge in [-0.05, 0) is 44.3 Å². The van der Waals surface area contributed by atoms with Gasteiger partial charge in [-0.2, -0.15) is 0 Å². The lowest BCUT2D eigenvalue weighted by Crippen LogP contribution is -2.35. The van der Waals surface area contributed by atoms with Crippen LogP contribution in [0.15, 0.2) is 24.3 Å². The summed E-state index contributed by atoms with van der Waals surface area (Å²) in [6, 6.07) is 8.29. The highest BCUT2D eigenvalue weighted by Gasteiger charge is 2.30. The van der Waals surface area contributed by atoms with E-state index in [0.29, 0.717) is 23.6 Å². The van der Waals surface area contributed by atoms with Crippen LogP contribution >= 0.6 is 12.2 Å². The standard InChI is InChI=1S/C16H25N3OS/c1-12-10-19(11-15(12)18(2)3)8-9-20-14-6-4-13(5-7-14)16(17)21/h4-7,12,15H,8-11H2,1-3H3,(H2,17,21). The molecular formula is C16H25N3OS. The summed E-state index contributed by atoms with van der Waals surface area (Å²) in [5.41, 5.74) is 6.45. The zero-order chi connectivity index (χ0) is 15.4. The average Bonchev–Trinajstić information content (AvgIpc) is 2.80. The maximum atomic E-state index is 5.79. The Balaban J connectivity index is 1.76. The summed E-state index contributed by atoms with van der Waals surface area (Å²) >= 11 is 4.93. The monoisotopic (exact) mass is 307 g/mol. The number of ether oxygens (including phenoxy) is 1. The molecule has 0 radical (unpaired) electrons. The SMILES string of the molecule is CC1CN(CCOc2ccc(C(N)=S)cc2)CC1N(C)C. The minimum Gasteiger partial charge on any atom is -0.492 e. The topological polar surface area (TPSA) is 41.7 Å². The molecule has 2 unspecified atom stereocenters. The van der Waals surface area contributed by atoms with Crippen molar-refractivity contribution in [3.63, 3.8) is 0 Å². The maximum absolute atomic E-state index is 5.79. The fourth-order valence-electron chi connectivity index (χ4n) is 2.91. The van der Waals surface area contributed by atoms with Crippen LogP contribution in [0.1, 0.15) is 12.5 Å². The summed E-state index contributed by atoms with van der Waals surface area (Å²) in [5.74, 6) is 1.58. The number of rotatable bonds is 6. The van der Waals surface area contributed by atoms with E-state index in [9.17, 15) is 0 Å². The van der Waals surface area contributed by atoms with Gasteiger partial charge in [0.25, 0.3) is 0 Å². The third-order valence-electron chi connectivity index (χ3n) is 4.13. The van der Waals surface area contributed by atoms with E-state index in [1.165, 1.54) is 0 Å². The molecule has 1 saturated heterocycles. The van der Waals surface area contributed by atoms with Gasteiger partial charge < -0.3 is 15.4 Å². The van der Waals surface area contributed by atoms with Gasteiger partial charge in [0.15, 0.2) is 0 Å². The normalized spacial score (nSPS) is 22.7. The molecule has 4 nitrogen and oxygen atoms in total. The smallest absolute Gasteiger partial charge is 0.119 e. The van der Waals surface area contributed by atoms with E-state index in [4.69, 9.17) is 22.7 Å². The largest absolute Gasteiger partial charge is 0.492 e. The first-order valence-corrected chi connectivity index (χ1v) is 7.79. The Hall–Kier alpha value is -1.17. The highest BCUT2D eigenvalue weighted by molar-refractivity contribution is 7.80. The number of likely N-dealkylation sites (tertiary alicyclic amines) is 1. The Labute approximate surface area is 132 Å². The number of hydrogen-bond acceptors (Lipinski definition) is 4. The molecule has 0 aromatic heterocycles. The van der Waals surface area contributed by atoms with Crippen molar-refractivity contribution in [2.45, 2.75) is 13.0 Å². The van der Waals surface area contributed by atoms with Crippen molar-refractivity contribution in [1.29, 1.82) is 0 Å². The molecule has 0 aliphatic carbocycles. The van der Waals surface area contributed by atoms with E-state index < -0.39 is 0 Å². The van der Waals surface area contributed by atoms with Crippen molar-refractivity contribution in [2.24, 2.45) is 11.7 Å². The van der Waals surface area contributed by atoms with Crippen molar-refractivity contribution >= 4 is 17.2 Å². The van der Waals surface area contributed by atoms with Gasteiger partial charge in [0.05, 0.1) is 0 Å². The summed E-state index contributed by atoms with van der Waals surface area (Å²) < 4.78 is 5.79. The second-order valence-electron chi connectivity index (χ2n) is 6.00. The molecule has 1 aromatic carbocycles. The predicted molar refractivity (Wildman–Crippen MR) is 90.9 cm³/mol. The molecule has 5 heteroatoms. The van der Waals surface area contributed by atoms with Gasteiger partial charge in [0.2, 0.25) is 0 Å². The number of thiocarbonyl (C=S) groups is 1. The van der Waals surface area contributed by atoms with Crippen LogP contribution in [-0.2, 0) is 0 Å². The number of nitrogens with two attached hydrogens (primary N) is 1. The predicted octanol–water partition coefficient (Wildman–Crippen LogP) is 1.58. The number of hydrogen-bond donors (Lipinski definition) is 1. The van der Waals surface area contributed by atoms with Gasteiger partial charge in [-0.1, -0.05) is 19.1 Å². The first kappa shape index (κ1) is 16.2. The molecule has 1 aromatic rings. The van der Waals surface area contributed by atoms with Crippen LogP contribution in [0.3, 0.4) is 0 Å². The van der Waals surface area contributed by atoms with E-state index in [2.05, 4.69) is 30.8 Å². The van der Waals surface area contributed by atoms with Gasteiger partial charge in [-0.3, -0.25) is 4.90 Å². The Morgan fingerprint density at radius 1 is 1.33 bits per heavy atom. The summed E-state index contributed by atoms with van der Waals surface area (Å²) in [6.45, 7) is 6.26. The molecule has 0 amide bonds. The highest BCUT2D eigenvalue weighted by atomic mass is 32.1. The highest BCUT2D eigenvalue weighted by Crippen LogP contribution is 2.19. The first-order valence-electron chi connectivity index (χ1n) is 7.39. The second-order valence-corrected chi connectivity index (χ2v) is 6.44. The molecule has 2 atom stereocenters. The van der Waals surface area contributed by atoms with Gasteiger partial charge in [0.1, 0.15) is 17.3 Å². The van der Waals surface area contributed by atoms with E-state index in [1.807, 2.05) is 24.3 Å². The zero-order valence-corrected chi connectivity index (χ0v) is 13.9. The average molecular weight is 307 g/mol. The summed E-state index contributed by atoms with van der Waals surface area (Å²) in [6.07, 6.45) is 0. The summed E-state index contributed by atoms with van der Waals surface area (Å²) in [5, 5.41) is 0. The molecule has 2 N–H and O–H groups in total. The third-order valence-corrected chi connectivity index (χ3v) is 4.36. The molecule has 1 fully saturated rings.